The predicted octanol–water partition coefficient (Wildman–Crippen LogP) is 4.31. The lowest BCUT2D eigenvalue weighted by atomic mass is 10.1. The van der Waals surface area contributed by atoms with E-state index in [1.807, 2.05) is 25.1 Å². The van der Waals surface area contributed by atoms with E-state index < -0.39 is 0 Å². The Morgan fingerprint density at radius 1 is 1.03 bits per heavy atom. The van der Waals surface area contributed by atoms with Crippen LogP contribution in [-0.2, 0) is 0 Å². The molecule has 0 saturated heterocycles. The lowest BCUT2D eigenvalue weighted by molar-refractivity contribution is 0.102. The number of benzene rings is 2. The zero-order valence-electron chi connectivity index (χ0n) is 16.5. The summed E-state index contributed by atoms with van der Waals surface area (Å²) in [6.45, 7) is 3.01. The number of pyridine rings is 1. The number of aryl methyl sites for hydroxylation is 1. The number of ether oxygens (including phenoxy) is 4. The second-order valence-corrected chi connectivity index (χ2v) is 7.54. The fourth-order valence-corrected chi connectivity index (χ4v) is 4.05. The maximum Gasteiger partial charge on any atom is 0.173 e. The second kappa shape index (κ2) is 8.21. The number of ketones is 1. The van der Waals surface area contributed by atoms with Crippen molar-refractivity contribution in [3.63, 3.8) is 0 Å². The Morgan fingerprint density at radius 3 is 2.52 bits per heavy atom. The van der Waals surface area contributed by atoms with E-state index in [-0.39, 0.29) is 11.5 Å². The van der Waals surface area contributed by atoms with Gasteiger partial charge in [0, 0.05) is 17.0 Å². The summed E-state index contributed by atoms with van der Waals surface area (Å²) in [6, 6.07) is 11.1. The van der Waals surface area contributed by atoms with Crippen molar-refractivity contribution in [3.05, 3.63) is 47.5 Å². The Hall–Kier alpha value is -2.93. The monoisotopic (exact) mass is 411 g/mol. The molecular formula is C22H21NO5S. The van der Waals surface area contributed by atoms with Crippen LogP contribution in [0.1, 0.15) is 15.9 Å². The second-order valence-electron chi connectivity index (χ2n) is 6.58. The summed E-state index contributed by atoms with van der Waals surface area (Å²) in [7, 11) is 3.21. The van der Waals surface area contributed by atoms with Crippen LogP contribution in [0.5, 0.6) is 23.0 Å². The van der Waals surface area contributed by atoms with E-state index in [0.717, 1.165) is 21.5 Å². The molecule has 0 bridgehead atoms. The van der Waals surface area contributed by atoms with Crippen LogP contribution < -0.4 is 18.9 Å². The Morgan fingerprint density at radius 2 is 1.76 bits per heavy atom. The van der Waals surface area contributed by atoms with Gasteiger partial charge in [-0.2, -0.15) is 0 Å². The lowest BCUT2D eigenvalue weighted by Crippen LogP contribution is -2.16. The van der Waals surface area contributed by atoms with Crippen LogP contribution in [0, 0.1) is 6.92 Å². The van der Waals surface area contributed by atoms with Crippen molar-refractivity contribution in [1.29, 1.82) is 0 Å². The Kier molecular flexibility index (Phi) is 5.49. The molecule has 1 aliphatic rings. The van der Waals surface area contributed by atoms with Crippen LogP contribution in [0.3, 0.4) is 0 Å². The summed E-state index contributed by atoms with van der Waals surface area (Å²) in [5, 5.41) is 1.78. The molecule has 1 aromatic heterocycles. The third-order valence-electron chi connectivity index (χ3n) is 4.67. The molecule has 7 heteroatoms. The topological polar surface area (TPSA) is 66.9 Å². The van der Waals surface area contributed by atoms with Gasteiger partial charge in [0.25, 0.3) is 0 Å². The average molecular weight is 411 g/mol. The van der Waals surface area contributed by atoms with Crippen molar-refractivity contribution in [2.24, 2.45) is 0 Å². The molecule has 0 spiro atoms. The molecule has 0 amide bonds. The summed E-state index contributed by atoms with van der Waals surface area (Å²) >= 11 is 1.42. The Labute approximate surface area is 173 Å². The zero-order valence-corrected chi connectivity index (χ0v) is 17.3. The molecule has 0 saturated carbocycles. The van der Waals surface area contributed by atoms with Crippen LogP contribution >= 0.6 is 11.8 Å². The minimum absolute atomic E-state index is 0.0144. The third-order valence-corrected chi connectivity index (χ3v) is 5.76. The largest absolute Gasteiger partial charge is 0.493 e. The molecule has 4 rings (SSSR count). The first-order valence-corrected chi connectivity index (χ1v) is 10.2. The quantitative estimate of drug-likeness (QED) is 0.442. The van der Waals surface area contributed by atoms with Crippen LogP contribution in [-0.4, -0.2) is 44.0 Å². The summed E-state index contributed by atoms with van der Waals surface area (Å²) in [5.74, 6) is 2.88. The fourth-order valence-electron chi connectivity index (χ4n) is 3.17. The number of nitrogens with zero attached hydrogens (tertiary/aromatic N) is 1. The van der Waals surface area contributed by atoms with Gasteiger partial charge in [0.15, 0.2) is 28.8 Å². The lowest BCUT2D eigenvalue weighted by Gasteiger charge is -2.18. The molecule has 29 heavy (non-hydrogen) atoms. The van der Waals surface area contributed by atoms with Gasteiger partial charge in [-0.05, 0) is 42.8 Å². The van der Waals surface area contributed by atoms with Crippen LogP contribution in [0.25, 0.3) is 10.9 Å². The first kappa shape index (κ1) is 19.4. The van der Waals surface area contributed by atoms with Crippen molar-refractivity contribution >= 4 is 28.4 Å². The van der Waals surface area contributed by atoms with Crippen molar-refractivity contribution in [1.82, 2.24) is 4.98 Å². The van der Waals surface area contributed by atoms with E-state index in [4.69, 9.17) is 23.9 Å². The number of aromatic nitrogens is 1. The van der Waals surface area contributed by atoms with E-state index in [1.165, 1.54) is 11.8 Å². The highest BCUT2D eigenvalue weighted by Crippen LogP contribution is 2.34. The van der Waals surface area contributed by atoms with Gasteiger partial charge in [-0.3, -0.25) is 4.79 Å². The van der Waals surface area contributed by atoms with E-state index >= 15 is 0 Å². The molecule has 3 aromatic rings. The number of carbonyl (C=O) groups excluding carboxylic acids is 1. The summed E-state index contributed by atoms with van der Waals surface area (Å²) in [4.78, 5) is 17.4. The van der Waals surface area contributed by atoms with Crippen molar-refractivity contribution in [2.75, 3.05) is 33.2 Å². The van der Waals surface area contributed by atoms with Crippen LogP contribution in [0.15, 0.2) is 41.4 Å². The van der Waals surface area contributed by atoms with E-state index in [2.05, 4.69) is 0 Å². The minimum atomic E-state index is 0.0144. The average Bonchev–Trinajstić information content (AvgIpc) is 2.76. The number of Topliss-reactive ketones (excluding diaryl/α,β-unsaturated/α-hetero) is 1. The molecular weight excluding hydrogens is 390 g/mol. The summed E-state index contributed by atoms with van der Waals surface area (Å²) in [5.41, 5.74) is 2.40. The molecule has 0 atom stereocenters. The van der Waals surface area contributed by atoms with Crippen LogP contribution in [0.2, 0.25) is 0 Å². The molecule has 150 valence electrons. The number of carbonyl (C=O) groups is 1. The maximum absolute atomic E-state index is 12.7. The van der Waals surface area contributed by atoms with Gasteiger partial charge in [0.2, 0.25) is 0 Å². The van der Waals surface area contributed by atoms with Crippen molar-refractivity contribution in [2.45, 2.75) is 11.9 Å². The van der Waals surface area contributed by atoms with Crippen molar-refractivity contribution in [3.8, 4) is 23.0 Å². The number of methoxy groups -OCH3 is 2. The SMILES string of the molecule is COc1cc2cc(C)c(SCC(=O)c3ccc4c(c3)OCCO4)nc2cc1OC. The number of hydrogen-bond donors (Lipinski definition) is 0. The molecule has 0 N–H and O–H groups in total. The summed E-state index contributed by atoms with van der Waals surface area (Å²) in [6.07, 6.45) is 0. The maximum atomic E-state index is 12.7. The number of thioether (sulfide) groups is 1. The molecule has 2 aromatic carbocycles. The Bertz CT molecular complexity index is 1080. The van der Waals surface area contributed by atoms with Gasteiger partial charge >= 0.3 is 0 Å². The molecule has 0 aliphatic carbocycles. The molecule has 0 unspecified atom stereocenters. The van der Waals surface area contributed by atoms with E-state index in [9.17, 15) is 4.79 Å². The van der Waals surface area contributed by atoms with Gasteiger partial charge in [-0.25, -0.2) is 4.98 Å². The molecule has 0 radical (unpaired) electrons. The minimum Gasteiger partial charge on any atom is -0.493 e. The number of hydrogen-bond acceptors (Lipinski definition) is 7. The predicted molar refractivity (Wildman–Crippen MR) is 112 cm³/mol. The first-order chi connectivity index (χ1) is 14.1. The third kappa shape index (κ3) is 3.96. The van der Waals surface area contributed by atoms with Gasteiger partial charge in [0.05, 0.1) is 25.5 Å². The zero-order chi connectivity index (χ0) is 20.4. The first-order valence-electron chi connectivity index (χ1n) is 9.18. The molecule has 6 nitrogen and oxygen atoms in total. The standard InChI is InChI=1S/C22H21NO5S/c1-13-8-15-10-19(25-2)20(26-3)11-16(15)23-22(13)29-12-17(24)14-4-5-18-21(9-14)28-7-6-27-18/h4-5,8-11H,6-7,12H2,1-3H3. The van der Waals surface area contributed by atoms with Gasteiger partial charge < -0.3 is 18.9 Å². The molecule has 1 aliphatic heterocycles. The highest BCUT2D eigenvalue weighted by molar-refractivity contribution is 8.00. The molecule has 0 fully saturated rings. The van der Waals surface area contributed by atoms with Crippen molar-refractivity contribution < 1.29 is 23.7 Å². The van der Waals surface area contributed by atoms with E-state index in [0.29, 0.717) is 41.8 Å². The smallest absolute Gasteiger partial charge is 0.173 e. The Balaban J connectivity index is 1.54. The number of rotatable bonds is 6. The number of fused-ring (bicyclic) bond motifs is 2. The highest BCUT2D eigenvalue weighted by Gasteiger charge is 2.16. The fraction of sp³-hybridized carbons (Fsp3) is 0.273. The van der Waals surface area contributed by atoms with Gasteiger partial charge in [-0.15, -0.1) is 0 Å². The van der Waals surface area contributed by atoms with Gasteiger partial charge in [0.1, 0.15) is 18.2 Å². The summed E-state index contributed by atoms with van der Waals surface area (Å²) < 4.78 is 21.8. The highest BCUT2D eigenvalue weighted by atomic mass is 32.2. The van der Waals surface area contributed by atoms with E-state index in [1.54, 1.807) is 32.4 Å². The van der Waals surface area contributed by atoms with Gasteiger partial charge in [-0.1, -0.05) is 11.8 Å². The van der Waals surface area contributed by atoms with Crippen LogP contribution in [0.4, 0.5) is 0 Å². The molecule has 2 heterocycles. The normalized spacial score (nSPS) is 12.7.